The maximum atomic E-state index is 5.35. The minimum absolute atomic E-state index is 0.0673. The van der Waals surface area contributed by atoms with Crippen molar-refractivity contribution in [3.05, 3.63) is 251 Å². The van der Waals surface area contributed by atoms with Crippen LogP contribution in [0.1, 0.15) is 85.3 Å². The Balaban J connectivity index is 0.812. The predicted octanol–water partition coefficient (Wildman–Crippen LogP) is 16.9. The molecule has 14 rings (SSSR count). The van der Waals surface area contributed by atoms with Crippen molar-refractivity contribution in [2.75, 3.05) is 4.90 Å². The molecular formula is C69H60N4. The first kappa shape index (κ1) is 43.8. The van der Waals surface area contributed by atoms with Crippen LogP contribution in [-0.2, 0) is 12.8 Å². The number of hydrogen-bond donors (Lipinski definition) is 1. The maximum absolute atomic E-state index is 5.35. The number of allylic oxidation sites excluding steroid dienone is 10. The van der Waals surface area contributed by atoms with E-state index in [4.69, 9.17) is 4.99 Å². The van der Waals surface area contributed by atoms with Gasteiger partial charge in [0.2, 0.25) is 0 Å². The first-order chi connectivity index (χ1) is 36.1. The van der Waals surface area contributed by atoms with Crippen LogP contribution in [0.25, 0.3) is 55.5 Å². The smallest absolute Gasteiger partial charge is 0.126 e. The molecule has 0 saturated heterocycles. The summed E-state index contributed by atoms with van der Waals surface area (Å²) >= 11 is 0. The van der Waals surface area contributed by atoms with Gasteiger partial charge in [-0.25, -0.2) is 0 Å². The van der Waals surface area contributed by atoms with Crippen molar-refractivity contribution in [1.29, 1.82) is 0 Å². The van der Waals surface area contributed by atoms with E-state index >= 15 is 0 Å². The molecule has 7 aromatic carbocycles. The third-order valence-electron chi connectivity index (χ3n) is 16.7. The summed E-state index contributed by atoms with van der Waals surface area (Å²) in [6.07, 6.45) is 26.5. The van der Waals surface area contributed by atoms with Crippen molar-refractivity contribution < 1.29 is 0 Å². The Bertz CT molecular complexity index is 3720. The number of nitrogens with zero attached hydrogens (tertiary/aromatic N) is 3. The number of aliphatic imine (C=N–C) groups is 1. The maximum Gasteiger partial charge on any atom is 0.126 e. The lowest BCUT2D eigenvalue weighted by Gasteiger charge is -2.32. The largest absolute Gasteiger partial charge is 0.363 e. The molecule has 1 aromatic heterocycles. The number of benzene rings is 7. The highest BCUT2D eigenvalue weighted by molar-refractivity contribution is 6.13. The molecule has 356 valence electrons. The number of para-hydroxylation sites is 2. The summed E-state index contributed by atoms with van der Waals surface area (Å²) in [5, 5.41) is 7.96. The Morgan fingerprint density at radius 3 is 2.25 bits per heavy atom. The summed E-state index contributed by atoms with van der Waals surface area (Å²) in [7, 11) is 0. The molecule has 0 bridgehead atoms. The van der Waals surface area contributed by atoms with Crippen molar-refractivity contribution in [2.24, 2.45) is 22.7 Å². The minimum atomic E-state index is -0.0673. The molecule has 0 amide bonds. The van der Waals surface area contributed by atoms with Gasteiger partial charge >= 0.3 is 0 Å². The summed E-state index contributed by atoms with van der Waals surface area (Å²) in [4.78, 5) is 8.00. The third-order valence-corrected chi connectivity index (χ3v) is 16.7. The molecule has 4 atom stereocenters. The second kappa shape index (κ2) is 18.3. The number of anilines is 2. The fraction of sp³-hybridized carbons (Fsp3) is 0.203. The Kier molecular flexibility index (Phi) is 11.0. The molecule has 0 spiro atoms. The van der Waals surface area contributed by atoms with Crippen LogP contribution in [0.5, 0.6) is 0 Å². The van der Waals surface area contributed by atoms with E-state index in [0.717, 1.165) is 55.5 Å². The highest BCUT2D eigenvalue weighted by Crippen LogP contribution is 2.54. The van der Waals surface area contributed by atoms with E-state index in [1.54, 1.807) is 5.56 Å². The van der Waals surface area contributed by atoms with Crippen LogP contribution in [0.2, 0.25) is 0 Å². The van der Waals surface area contributed by atoms with Gasteiger partial charge in [0.05, 0.1) is 28.3 Å². The van der Waals surface area contributed by atoms with Gasteiger partial charge in [0, 0.05) is 50.8 Å². The minimum Gasteiger partial charge on any atom is -0.363 e. The lowest BCUT2D eigenvalue weighted by atomic mass is 9.82. The fourth-order valence-corrected chi connectivity index (χ4v) is 13.2. The van der Waals surface area contributed by atoms with E-state index < -0.39 is 0 Å². The molecule has 4 aliphatic carbocycles. The van der Waals surface area contributed by atoms with E-state index in [0.29, 0.717) is 11.8 Å². The molecule has 8 aromatic rings. The zero-order valence-corrected chi connectivity index (χ0v) is 41.6. The van der Waals surface area contributed by atoms with Gasteiger partial charge in [-0.05, 0) is 150 Å². The highest BCUT2D eigenvalue weighted by atomic mass is 15.2. The van der Waals surface area contributed by atoms with Crippen LogP contribution in [-0.4, -0.2) is 16.4 Å². The lowest BCUT2D eigenvalue weighted by molar-refractivity contribution is 0.465. The molecule has 0 saturated carbocycles. The molecule has 0 fully saturated rings. The van der Waals surface area contributed by atoms with Crippen molar-refractivity contribution in [2.45, 2.75) is 70.9 Å². The Labute approximate surface area is 429 Å². The van der Waals surface area contributed by atoms with Gasteiger partial charge in [0.15, 0.2) is 0 Å². The van der Waals surface area contributed by atoms with Gasteiger partial charge in [-0.1, -0.05) is 177 Å². The van der Waals surface area contributed by atoms with Gasteiger partial charge in [-0.3, -0.25) is 4.99 Å². The Morgan fingerprint density at radius 2 is 1.40 bits per heavy atom. The molecule has 6 aliphatic rings. The molecule has 4 unspecified atom stereocenters. The number of nitrogens with one attached hydrogen (secondary N) is 1. The number of aryl methyl sites for hydroxylation is 1. The van der Waals surface area contributed by atoms with Gasteiger partial charge in [0.25, 0.3) is 0 Å². The molecular weight excluding hydrogens is 885 g/mol. The van der Waals surface area contributed by atoms with Crippen molar-refractivity contribution in [3.63, 3.8) is 0 Å². The molecule has 4 heteroatoms. The molecule has 2 aliphatic heterocycles. The average molecular weight is 945 g/mol. The highest BCUT2D eigenvalue weighted by Gasteiger charge is 2.35. The molecule has 3 heterocycles. The second-order valence-electron chi connectivity index (χ2n) is 21.3. The van der Waals surface area contributed by atoms with E-state index in [9.17, 15) is 0 Å². The van der Waals surface area contributed by atoms with E-state index in [1.807, 2.05) is 0 Å². The topological polar surface area (TPSA) is 32.6 Å². The van der Waals surface area contributed by atoms with Crippen LogP contribution in [0.15, 0.2) is 223 Å². The van der Waals surface area contributed by atoms with E-state index in [-0.39, 0.29) is 12.1 Å². The molecule has 0 radical (unpaired) electrons. The molecule has 1 N–H and O–H groups in total. The summed E-state index contributed by atoms with van der Waals surface area (Å²) < 4.78 is 2.66. The van der Waals surface area contributed by atoms with Crippen molar-refractivity contribution >= 4 is 55.6 Å². The van der Waals surface area contributed by atoms with E-state index in [1.165, 1.54) is 114 Å². The summed E-state index contributed by atoms with van der Waals surface area (Å²) in [6.45, 7) is 2.42. The third kappa shape index (κ3) is 7.69. The summed E-state index contributed by atoms with van der Waals surface area (Å²) in [6, 6.07) is 61.0. The van der Waals surface area contributed by atoms with Crippen LogP contribution in [0.4, 0.5) is 11.4 Å². The first-order valence-corrected chi connectivity index (χ1v) is 26.9. The molecule has 4 nitrogen and oxygen atoms in total. The second-order valence-corrected chi connectivity index (χ2v) is 21.3. The first-order valence-electron chi connectivity index (χ1n) is 26.9. The lowest BCUT2D eigenvalue weighted by Crippen LogP contribution is -2.37. The number of rotatable bonds is 7. The van der Waals surface area contributed by atoms with Crippen LogP contribution in [0, 0.1) is 17.8 Å². The van der Waals surface area contributed by atoms with Gasteiger partial charge < -0.3 is 14.8 Å². The van der Waals surface area contributed by atoms with E-state index in [2.05, 4.69) is 228 Å². The normalized spacial score (nSPS) is 21.2. The Morgan fingerprint density at radius 1 is 0.644 bits per heavy atom. The monoisotopic (exact) mass is 944 g/mol. The van der Waals surface area contributed by atoms with Gasteiger partial charge in [-0.15, -0.1) is 0 Å². The SMILES string of the molecule is CC1CCc2cc(-n3c4c(c5ccccc53)C3=C(CCCC3)N(c3cccc(C5=CCC(C6=CC(C7N=C(c8ccccc8)C=C(c8ccccc8)N7)CC=C6)C=C5)c3)c3ccccc3-4)c3ccccc3c2C1. The van der Waals surface area contributed by atoms with Gasteiger partial charge in [0.1, 0.15) is 6.17 Å². The fourth-order valence-electron chi connectivity index (χ4n) is 13.2. The average Bonchev–Trinajstić information content (AvgIpc) is 3.74. The van der Waals surface area contributed by atoms with Crippen molar-refractivity contribution in [1.82, 2.24) is 9.88 Å². The van der Waals surface area contributed by atoms with Crippen LogP contribution >= 0.6 is 0 Å². The van der Waals surface area contributed by atoms with Gasteiger partial charge in [-0.2, -0.15) is 0 Å². The van der Waals surface area contributed by atoms with Crippen LogP contribution < -0.4 is 10.2 Å². The zero-order chi connectivity index (χ0) is 48.4. The number of fused-ring (bicyclic) bond motifs is 9. The quantitative estimate of drug-likeness (QED) is 0.173. The standard InChI is InChI=1S/C69H60N4/c1-45-34-35-52-43-66(56-27-9-8-26-55(56)60(52)40-45)73-64-32-14-11-29-58(64)67-57-28-10-13-31-63(57)72(65-33-15-12-30-59(65)68(67)73)54-25-17-23-51(42-54)47-38-36-46(37-39-47)50-22-16-24-53(41-50)69-70-61(48-18-4-2-5-19-48)44-62(71-69)49-20-6-3-7-21-49/h2-9,11-12,14-23,25-27,29-30,32-33,36,38-39,41-46,53,69-70H,10,13,24,28,31,34-35,37,40H2,1H3. The van der Waals surface area contributed by atoms with Crippen molar-refractivity contribution in [3.8, 4) is 16.9 Å². The Hall–Kier alpha value is -7.95. The number of hydrogen-bond acceptors (Lipinski definition) is 3. The summed E-state index contributed by atoms with van der Waals surface area (Å²) in [5.74, 6) is 1.24. The number of aromatic nitrogens is 1. The zero-order valence-electron chi connectivity index (χ0n) is 41.6. The summed E-state index contributed by atoms with van der Waals surface area (Å²) in [5.41, 5.74) is 23.5. The molecule has 73 heavy (non-hydrogen) atoms. The predicted molar refractivity (Wildman–Crippen MR) is 306 cm³/mol. The van der Waals surface area contributed by atoms with Crippen LogP contribution in [0.3, 0.4) is 0 Å².